The standard InChI is InChI=1S/C27H18FN3O2S/c28-23-11-6-10-22(27(32)33-19-8-2-1-3-9-19)26(23)34-20-13-14-21-24(30-31-25(21)17-20)15-12-18-7-4-5-16-29-18/h1-17H,(H,30,31). The maximum atomic E-state index is 14.8. The molecule has 34 heavy (non-hydrogen) atoms. The van der Waals surface area contributed by atoms with Crippen molar-refractivity contribution in [3.63, 3.8) is 0 Å². The predicted octanol–water partition coefficient (Wildman–Crippen LogP) is 6.64. The van der Waals surface area contributed by atoms with Crippen LogP contribution < -0.4 is 4.74 Å². The highest BCUT2D eigenvalue weighted by atomic mass is 32.2. The van der Waals surface area contributed by atoms with Crippen molar-refractivity contribution >= 4 is 40.8 Å². The zero-order valence-electron chi connectivity index (χ0n) is 17.8. The van der Waals surface area contributed by atoms with E-state index in [0.29, 0.717) is 5.75 Å². The maximum absolute atomic E-state index is 14.8. The third-order valence-electron chi connectivity index (χ3n) is 5.02. The van der Waals surface area contributed by atoms with Crippen LogP contribution in [0.5, 0.6) is 5.75 Å². The number of benzene rings is 3. The third kappa shape index (κ3) is 4.74. The zero-order valence-corrected chi connectivity index (χ0v) is 18.6. The van der Waals surface area contributed by atoms with Gasteiger partial charge in [-0.1, -0.05) is 42.1 Å². The van der Waals surface area contributed by atoms with Crippen LogP contribution in [0.1, 0.15) is 21.7 Å². The lowest BCUT2D eigenvalue weighted by Crippen LogP contribution is -2.10. The molecular weight excluding hydrogens is 449 g/mol. The van der Waals surface area contributed by atoms with Crippen LogP contribution in [0.3, 0.4) is 0 Å². The molecule has 0 saturated carbocycles. The number of para-hydroxylation sites is 1. The highest BCUT2D eigenvalue weighted by Crippen LogP contribution is 2.35. The molecule has 2 heterocycles. The average Bonchev–Trinajstić information content (AvgIpc) is 3.27. The topological polar surface area (TPSA) is 67.9 Å². The van der Waals surface area contributed by atoms with Gasteiger partial charge >= 0.3 is 5.97 Å². The molecule has 0 spiro atoms. The number of aromatic amines is 1. The Morgan fingerprint density at radius 1 is 0.941 bits per heavy atom. The van der Waals surface area contributed by atoms with Crippen molar-refractivity contribution in [2.45, 2.75) is 9.79 Å². The zero-order chi connectivity index (χ0) is 23.3. The summed E-state index contributed by atoms with van der Waals surface area (Å²) in [5.41, 5.74) is 2.57. The second-order valence-electron chi connectivity index (χ2n) is 7.33. The van der Waals surface area contributed by atoms with E-state index in [1.807, 2.05) is 54.6 Å². The number of esters is 1. The SMILES string of the molecule is O=C(Oc1ccccc1)c1cccc(F)c1Sc1ccc2c(C=Cc3ccccn3)n[nH]c2c1. The molecule has 0 aliphatic rings. The highest BCUT2D eigenvalue weighted by molar-refractivity contribution is 7.99. The van der Waals surface area contributed by atoms with Gasteiger partial charge in [0.1, 0.15) is 11.6 Å². The molecule has 0 bridgehead atoms. The number of nitrogens with zero attached hydrogens (tertiary/aromatic N) is 2. The number of carbonyl (C=O) groups excluding carboxylic acids is 1. The van der Waals surface area contributed by atoms with Gasteiger partial charge in [-0.3, -0.25) is 10.1 Å². The van der Waals surface area contributed by atoms with Crippen LogP contribution in [-0.4, -0.2) is 21.2 Å². The van der Waals surface area contributed by atoms with Crippen LogP contribution in [0.4, 0.5) is 4.39 Å². The average molecular weight is 468 g/mol. The van der Waals surface area contributed by atoms with Gasteiger partial charge in [0, 0.05) is 16.5 Å². The van der Waals surface area contributed by atoms with E-state index in [0.717, 1.165) is 38.9 Å². The number of aromatic nitrogens is 3. The molecule has 2 aromatic heterocycles. The van der Waals surface area contributed by atoms with Gasteiger partial charge in [0.25, 0.3) is 0 Å². The largest absolute Gasteiger partial charge is 0.423 e. The predicted molar refractivity (Wildman–Crippen MR) is 131 cm³/mol. The van der Waals surface area contributed by atoms with Crippen LogP contribution in [0.25, 0.3) is 23.1 Å². The lowest BCUT2D eigenvalue weighted by molar-refractivity contribution is 0.0730. The number of pyridine rings is 1. The van der Waals surface area contributed by atoms with Gasteiger partial charge in [-0.05, 0) is 66.7 Å². The second kappa shape index (κ2) is 9.72. The molecule has 0 fully saturated rings. The molecule has 166 valence electrons. The van der Waals surface area contributed by atoms with Crippen LogP contribution >= 0.6 is 11.8 Å². The first-order valence-electron chi connectivity index (χ1n) is 10.5. The van der Waals surface area contributed by atoms with Gasteiger partial charge in [0.05, 0.1) is 27.4 Å². The lowest BCUT2D eigenvalue weighted by atomic mass is 10.2. The van der Waals surface area contributed by atoms with E-state index in [-0.39, 0.29) is 10.5 Å². The Hall–Kier alpha value is -4.23. The van der Waals surface area contributed by atoms with E-state index < -0.39 is 11.8 Å². The van der Waals surface area contributed by atoms with Crippen molar-refractivity contribution in [1.82, 2.24) is 15.2 Å². The maximum Gasteiger partial charge on any atom is 0.344 e. The lowest BCUT2D eigenvalue weighted by Gasteiger charge is -2.10. The van der Waals surface area contributed by atoms with Crippen molar-refractivity contribution in [2.75, 3.05) is 0 Å². The normalized spacial score (nSPS) is 11.2. The summed E-state index contributed by atoms with van der Waals surface area (Å²) in [5, 5.41) is 8.31. The third-order valence-corrected chi connectivity index (χ3v) is 6.13. The van der Waals surface area contributed by atoms with E-state index in [4.69, 9.17) is 4.74 Å². The highest BCUT2D eigenvalue weighted by Gasteiger charge is 2.19. The molecule has 5 aromatic rings. The quantitative estimate of drug-likeness (QED) is 0.224. The summed E-state index contributed by atoms with van der Waals surface area (Å²) >= 11 is 1.16. The van der Waals surface area contributed by atoms with Gasteiger partial charge in [0.15, 0.2) is 0 Å². The number of ether oxygens (including phenoxy) is 1. The minimum absolute atomic E-state index is 0.164. The fraction of sp³-hybridized carbons (Fsp3) is 0. The van der Waals surface area contributed by atoms with Crippen molar-refractivity contribution in [1.29, 1.82) is 0 Å². The van der Waals surface area contributed by atoms with Gasteiger partial charge in [-0.15, -0.1) is 0 Å². The Labute approximate surface area is 199 Å². The number of hydrogen-bond acceptors (Lipinski definition) is 5. The molecular formula is C27H18FN3O2S. The van der Waals surface area contributed by atoms with E-state index >= 15 is 0 Å². The first kappa shape index (κ1) is 21.6. The Morgan fingerprint density at radius 3 is 2.62 bits per heavy atom. The van der Waals surface area contributed by atoms with Crippen LogP contribution in [0, 0.1) is 5.82 Å². The number of H-pyrrole nitrogens is 1. The molecule has 0 aliphatic carbocycles. The number of fused-ring (bicyclic) bond motifs is 1. The summed E-state index contributed by atoms with van der Waals surface area (Å²) in [5.74, 6) is -0.702. The molecule has 3 aromatic carbocycles. The minimum atomic E-state index is -0.613. The molecule has 7 heteroatoms. The molecule has 5 rings (SSSR count). The minimum Gasteiger partial charge on any atom is -0.423 e. The molecule has 5 nitrogen and oxygen atoms in total. The van der Waals surface area contributed by atoms with Gasteiger partial charge in [-0.25, -0.2) is 9.18 Å². The van der Waals surface area contributed by atoms with Gasteiger partial charge in [0.2, 0.25) is 0 Å². The summed E-state index contributed by atoms with van der Waals surface area (Å²) in [6, 6.07) is 24.5. The fourth-order valence-corrected chi connectivity index (χ4v) is 4.37. The smallest absolute Gasteiger partial charge is 0.344 e. The van der Waals surface area contributed by atoms with E-state index in [1.54, 1.807) is 36.5 Å². The molecule has 0 unspecified atom stereocenters. The van der Waals surface area contributed by atoms with E-state index in [1.165, 1.54) is 12.1 Å². The van der Waals surface area contributed by atoms with Crippen molar-refractivity contribution in [2.24, 2.45) is 0 Å². The summed E-state index contributed by atoms with van der Waals surface area (Å²) in [7, 11) is 0. The van der Waals surface area contributed by atoms with Crippen molar-refractivity contribution in [3.05, 3.63) is 114 Å². The Bertz CT molecular complexity index is 1480. The van der Waals surface area contributed by atoms with Gasteiger partial charge < -0.3 is 4.74 Å². The fourth-order valence-electron chi connectivity index (χ4n) is 3.39. The molecule has 0 amide bonds. The first-order chi connectivity index (χ1) is 16.7. The Kier molecular flexibility index (Phi) is 6.18. The summed E-state index contributed by atoms with van der Waals surface area (Å²) < 4.78 is 20.2. The number of hydrogen-bond donors (Lipinski definition) is 1. The number of carbonyl (C=O) groups is 1. The van der Waals surface area contributed by atoms with Crippen molar-refractivity contribution in [3.8, 4) is 5.75 Å². The van der Waals surface area contributed by atoms with Gasteiger partial charge in [-0.2, -0.15) is 5.10 Å². The van der Waals surface area contributed by atoms with E-state index in [9.17, 15) is 9.18 Å². The molecule has 0 atom stereocenters. The van der Waals surface area contributed by atoms with Crippen LogP contribution in [0.15, 0.2) is 101 Å². The summed E-state index contributed by atoms with van der Waals surface area (Å²) in [6.07, 6.45) is 5.52. The molecule has 0 aliphatic heterocycles. The number of rotatable bonds is 6. The Morgan fingerprint density at radius 2 is 1.79 bits per heavy atom. The molecule has 0 radical (unpaired) electrons. The van der Waals surface area contributed by atoms with E-state index in [2.05, 4.69) is 15.2 Å². The summed E-state index contributed by atoms with van der Waals surface area (Å²) in [6.45, 7) is 0. The van der Waals surface area contributed by atoms with Crippen LogP contribution in [-0.2, 0) is 0 Å². The second-order valence-corrected chi connectivity index (χ2v) is 8.41. The first-order valence-corrected chi connectivity index (χ1v) is 11.3. The monoisotopic (exact) mass is 467 g/mol. The number of halogens is 1. The Balaban J connectivity index is 1.40. The molecule has 1 N–H and O–H groups in total. The summed E-state index contributed by atoms with van der Waals surface area (Å²) in [4.78, 5) is 18.0. The van der Waals surface area contributed by atoms with Crippen LogP contribution in [0.2, 0.25) is 0 Å². The molecule has 0 saturated heterocycles. The van der Waals surface area contributed by atoms with Crippen molar-refractivity contribution < 1.29 is 13.9 Å². The number of nitrogens with one attached hydrogen (secondary N) is 1.